The SMILES string of the molecule is N#CC(=CNc1ccccc1C(=O)NC1CCCCCCC1)c1nn[nH]n1. The van der Waals surface area contributed by atoms with Crippen molar-refractivity contribution in [2.24, 2.45) is 0 Å². The molecule has 0 saturated heterocycles. The van der Waals surface area contributed by atoms with Crippen LogP contribution in [0, 0.1) is 11.3 Å². The minimum absolute atomic E-state index is 0.102. The minimum Gasteiger partial charge on any atom is -0.360 e. The number of para-hydroxylation sites is 1. The average molecular weight is 365 g/mol. The number of aromatic nitrogens is 4. The molecule has 8 nitrogen and oxygen atoms in total. The molecule has 140 valence electrons. The Labute approximate surface area is 158 Å². The summed E-state index contributed by atoms with van der Waals surface area (Å²) in [5.41, 5.74) is 1.39. The van der Waals surface area contributed by atoms with Gasteiger partial charge in [0, 0.05) is 12.2 Å². The largest absolute Gasteiger partial charge is 0.360 e. The second-order valence-corrected chi connectivity index (χ2v) is 6.61. The standard InChI is InChI=1S/C19H23N7O/c20-12-14(18-23-25-26-24-18)13-21-17-11-7-6-10-16(17)19(27)22-15-8-4-2-1-3-5-9-15/h6-7,10-11,13,15,21H,1-5,8-9H2,(H,22,27)(H,23,24,25,26). The molecule has 0 atom stereocenters. The van der Waals surface area contributed by atoms with Crippen molar-refractivity contribution >= 4 is 17.2 Å². The number of tetrazole rings is 1. The smallest absolute Gasteiger partial charge is 0.253 e. The molecule has 2 aromatic rings. The van der Waals surface area contributed by atoms with Crippen molar-refractivity contribution in [2.75, 3.05) is 5.32 Å². The van der Waals surface area contributed by atoms with E-state index in [2.05, 4.69) is 31.3 Å². The zero-order valence-electron chi connectivity index (χ0n) is 15.1. The fraction of sp³-hybridized carbons (Fsp3) is 0.421. The van der Waals surface area contributed by atoms with E-state index in [1.54, 1.807) is 12.1 Å². The number of allylic oxidation sites excluding steroid dienone is 1. The topological polar surface area (TPSA) is 119 Å². The van der Waals surface area contributed by atoms with Crippen LogP contribution in [0.4, 0.5) is 5.69 Å². The van der Waals surface area contributed by atoms with Gasteiger partial charge in [0.1, 0.15) is 11.6 Å². The number of aromatic amines is 1. The van der Waals surface area contributed by atoms with Crippen LogP contribution in [-0.2, 0) is 0 Å². The van der Waals surface area contributed by atoms with Crippen LogP contribution in [0.3, 0.4) is 0 Å². The van der Waals surface area contributed by atoms with Crippen molar-refractivity contribution in [3.05, 3.63) is 41.9 Å². The summed E-state index contributed by atoms with van der Waals surface area (Å²) in [6, 6.07) is 9.47. The second kappa shape index (κ2) is 9.48. The molecule has 3 N–H and O–H groups in total. The first-order valence-corrected chi connectivity index (χ1v) is 9.28. The van der Waals surface area contributed by atoms with E-state index in [-0.39, 0.29) is 23.3 Å². The maximum Gasteiger partial charge on any atom is 0.253 e. The number of carbonyl (C=O) groups is 1. The maximum absolute atomic E-state index is 12.8. The van der Waals surface area contributed by atoms with Gasteiger partial charge in [-0.3, -0.25) is 4.79 Å². The molecule has 1 heterocycles. The van der Waals surface area contributed by atoms with Gasteiger partial charge in [-0.1, -0.05) is 44.2 Å². The Bertz CT molecular complexity index is 815. The molecular weight excluding hydrogens is 342 g/mol. The fourth-order valence-electron chi connectivity index (χ4n) is 3.24. The minimum atomic E-state index is -0.102. The molecule has 1 aliphatic carbocycles. The Balaban J connectivity index is 1.71. The number of amides is 1. The lowest BCUT2D eigenvalue weighted by Crippen LogP contribution is -2.35. The summed E-state index contributed by atoms with van der Waals surface area (Å²) in [6.07, 6.45) is 9.61. The Morgan fingerprint density at radius 2 is 1.93 bits per heavy atom. The molecule has 3 rings (SSSR count). The van der Waals surface area contributed by atoms with Gasteiger partial charge in [0.25, 0.3) is 5.91 Å². The average Bonchev–Trinajstić information content (AvgIpc) is 3.19. The number of nitrogens with one attached hydrogen (secondary N) is 3. The monoisotopic (exact) mass is 365 g/mol. The normalized spacial score (nSPS) is 16.0. The van der Waals surface area contributed by atoms with Crippen molar-refractivity contribution in [3.63, 3.8) is 0 Å². The molecule has 0 bridgehead atoms. The third kappa shape index (κ3) is 5.14. The summed E-state index contributed by atoms with van der Waals surface area (Å²) >= 11 is 0. The number of anilines is 1. The van der Waals surface area contributed by atoms with Gasteiger partial charge < -0.3 is 10.6 Å². The summed E-state index contributed by atoms with van der Waals surface area (Å²) in [5.74, 6) is 0.0941. The van der Waals surface area contributed by atoms with Crippen LogP contribution in [-0.4, -0.2) is 32.6 Å². The molecule has 0 radical (unpaired) electrons. The molecule has 1 aliphatic rings. The van der Waals surface area contributed by atoms with Crippen LogP contribution in [0.25, 0.3) is 5.57 Å². The highest BCUT2D eigenvalue weighted by Gasteiger charge is 2.17. The van der Waals surface area contributed by atoms with Crippen molar-refractivity contribution < 1.29 is 4.79 Å². The van der Waals surface area contributed by atoms with Gasteiger partial charge in [-0.25, -0.2) is 0 Å². The predicted molar refractivity (Wildman–Crippen MR) is 101 cm³/mol. The summed E-state index contributed by atoms with van der Waals surface area (Å²) in [6.45, 7) is 0. The molecule has 8 heteroatoms. The molecule has 1 fully saturated rings. The molecular formula is C19H23N7O. The van der Waals surface area contributed by atoms with E-state index in [1.165, 1.54) is 25.5 Å². The molecule has 0 aliphatic heterocycles. The van der Waals surface area contributed by atoms with Crippen molar-refractivity contribution in [3.8, 4) is 6.07 Å². The molecule has 0 unspecified atom stereocenters. The third-order valence-electron chi connectivity index (χ3n) is 4.69. The van der Waals surface area contributed by atoms with E-state index in [0.29, 0.717) is 11.3 Å². The fourth-order valence-corrected chi connectivity index (χ4v) is 3.24. The lowest BCUT2D eigenvalue weighted by atomic mass is 9.96. The molecule has 1 aromatic heterocycles. The Kier molecular flexibility index (Phi) is 6.52. The van der Waals surface area contributed by atoms with Gasteiger partial charge in [-0.2, -0.15) is 10.5 Å². The summed E-state index contributed by atoms with van der Waals surface area (Å²) in [5, 5.41) is 28.8. The number of carbonyl (C=O) groups excluding carboxylic acids is 1. The van der Waals surface area contributed by atoms with Gasteiger partial charge in [0.15, 0.2) is 0 Å². The Morgan fingerprint density at radius 3 is 2.63 bits per heavy atom. The van der Waals surface area contributed by atoms with Crippen LogP contribution in [0.15, 0.2) is 30.5 Å². The van der Waals surface area contributed by atoms with Gasteiger partial charge in [-0.15, -0.1) is 10.2 Å². The number of rotatable bonds is 5. The molecule has 1 aromatic carbocycles. The van der Waals surface area contributed by atoms with Gasteiger partial charge >= 0.3 is 0 Å². The number of hydrogen-bond acceptors (Lipinski definition) is 6. The molecule has 0 spiro atoms. The number of nitrogens with zero attached hydrogens (tertiary/aromatic N) is 4. The zero-order valence-corrected chi connectivity index (χ0v) is 15.1. The first kappa shape index (κ1) is 18.6. The third-order valence-corrected chi connectivity index (χ3v) is 4.69. The zero-order chi connectivity index (χ0) is 18.9. The van der Waals surface area contributed by atoms with E-state index in [9.17, 15) is 10.1 Å². The molecule has 1 saturated carbocycles. The van der Waals surface area contributed by atoms with E-state index in [1.807, 2.05) is 18.2 Å². The maximum atomic E-state index is 12.8. The van der Waals surface area contributed by atoms with Gasteiger partial charge in [0.05, 0.1) is 11.3 Å². The summed E-state index contributed by atoms with van der Waals surface area (Å²) < 4.78 is 0. The first-order chi connectivity index (χ1) is 13.3. The number of hydrogen-bond donors (Lipinski definition) is 3. The second-order valence-electron chi connectivity index (χ2n) is 6.61. The van der Waals surface area contributed by atoms with E-state index in [0.717, 1.165) is 25.7 Å². The van der Waals surface area contributed by atoms with Crippen molar-refractivity contribution in [1.82, 2.24) is 25.9 Å². The van der Waals surface area contributed by atoms with Crippen LogP contribution in [0.5, 0.6) is 0 Å². The lowest BCUT2D eigenvalue weighted by molar-refractivity contribution is 0.0931. The highest BCUT2D eigenvalue weighted by molar-refractivity contribution is 6.00. The van der Waals surface area contributed by atoms with Crippen LogP contribution in [0.1, 0.15) is 61.1 Å². The highest BCUT2D eigenvalue weighted by Crippen LogP contribution is 2.20. The van der Waals surface area contributed by atoms with Crippen LogP contribution < -0.4 is 10.6 Å². The first-order valence-electron chi connectivity index (χ1n) is 9.28. The number of benzene rings is 1. The molecule has 1 amide bonds. The van der Waals surface area contributed by atoms with E-state index in [4.69, 9.17) is 0 Å². The van der Waals surface area contributed by atoms with Crippen molar-refractivity contribution in [2.45, 2.75) is 51.0 Å². The van der Waals surface area contributed by atoms with Gasteiger partial charge in [-0.05, 0) is 30.2 Å². The summed E-state index contributed by atoms with van der Waals surface area (Å²) in [4.78, 5) is 12.8. The van der Waals surface area contributed by atoms with Crippen molar-refractivity contribution in [1.29, 1.82) is 5.26 Å². The Hall–Kier alpha value is -3.21. The molecule has 27 heavy (non-hydrogen) atoms. The highest BCUT2D eigenvalue weighted by atomic mass is 16.1. The van der Waals surface area contributed by atoms with Crippen LogP contribution >= 0.6 is 0 Å². The number of nitriles is 1. The Morgan fingerprint density at radius 1 is 1.19 bits per heavy atom. The van der Waals surface area contributed by atoms with E-state index < -0.39 is 0 Å². The lowest BCUT2D eigenvalue weighted by Gasteiger charge is -2.21. The summed E-state index contributed by atoms with van der Waals surface area (Å²) in [7, 11) is 0. The van der Waals surface area contributed by atoms with Crippen LogP contribution in [0.2, 0.25) is 0 Å². The number of H-pyrrole nitrogens is 1. The van der Waals surface area contributed by atoms with Gasteiger partial charge in [0.2, 0.25) is 5.82 Å². The predicted octanol–water partition coefficient (Wildman–Crippen LogP) is 3.02. The quantitative estimate of drug-likeness (QED) is 0.701. The van der Waals surface area contributed by atoms with E-state index >= 15 is 0 Å².